The number of aromatic carboxylic acids is 1. The minimum atomic E-state index is -1.00. The molecule has 4 nitrogen and oxygen atoms in total. The average Bonchev–Trinajstić information content (AvgIpc) is 2.54. The van der Waals surface area contributed by atoms with Crippen molar-refractivity contribution in [2.45, 2.75) is 0 Å². The Bertz CT molecular complexity index is 853. The number of fused-ring (bicyclic) bond motifs is 1. The Labute approximate surface area is 126 Å². The number of esters is 1. The maximum Gasteiger partial charge on any atom is 0.343 e. The van der Waals surface area contributed by atoms with Gasteiger partial charge < -0.3 is 9.84 Å². The predicted octanol–water partition coefficient (Wildman–Crippen LogP) is 3.76. The highest BCUT2D eigenvalue weighted by Gasteiger charge is 2.10. The highest BCUT2D eigenvalue weighted by molar-refractivity contribution is 5.99. The Morgan fingerprint density at radius 1 is 0.773 bits per heavy atom. The first-order chi connectivity index (χ1) is 10.6. The number of ether oxygens (including phenoxy) is 1. The van der Waals surface area contributed by atoms with Gasteiger partial charge in [0, 0.05) is 0 Å². The van der Waals surface area contributed by atoms with Crippen molar-refractivity contribution in [2.24, 2.45) is 0 Å². The molecular formula is C18H12O4. The van der Waals surface area contributed by atoms with Gasteiger partial charge in [0.2, 0.25) is 0 Å². The average molecular weight is 292 g/mol. The van der Waals surface area contributed by atoms with Crippen LogP contribution in [0.25, 0.3) is 10.8 Å². The van der Waals surface area contributed by atoms with Crippen LogP contribution in [-0.2, 0) is 0 Å². The highest BCUT2D eigenvalue weighted by atomic mass is 16.5. The first kappa shape index (κ1) is 13.8. The smallest absolute Gasteiger partial charge is 0.343 e. The summed E-state index contributed by atoms with van der Waals surface area (Å²) >= 11 is 0. The standard InChI is InChI=1S/C18H12O4/c19-17(20)13-8-6-12-7-9-14(11-15(12)10-13)18(21)22-16-4-2-1-3-5-16/h1-11H,(H,19,20). The molecule has 0 bridgehead atoms. The van der Waals surface area contributed by atoms with E-state index in [1.165, 1.54) is 12.1 Å². The molecule has 0 atom stereocenters. The molecule has 3 aromatic rings. The van der Waals surface area contributed by atoms with Crippen molar-refractivity contribution in [1.82, 2.24) is 0 Å². The molecule has 0 saturated carbocycles. The Morgan fingerprint density at radius 2 is 1.41 bits per heavy atom. The van der Waals surface area contributed by atoms with Crippen molar-refractivity contribution in [2.75, 3.05) is 0 Å². The van der Waals surface area contributed by atoms with E-state index < -0.39 is 11.9 Å². The molecule has 0 heterocycles. The van der Waals surface area contributed by atoms with Gasteiger partial charge in [-0.05, 0) is 47.2 Å². The third kappa shape index (κ3) is 2.81. The second-order valence-electron chi connectivity index (χ2n) is 4.78. The summed E-state index contributed by atoms with van der Waals surface area (Å²) in [6.45, 7) is 0. The number of carbonyl (C=O) groups excluding carboxylic acids is 1. The molecule has 0 radical (unpaired) electrons. The van der Waals surface area contributed by atoms with Crippen LogP contribution in [0.5, 0.6) is 5.75 Å². The van der Waals surface area contributed by atoms with E-state index in [0.29, 0.717) is 16.7 Å². The molecular weight excluding hydrogens is 280 g/mol. The van der Waals surface area contributed by atoms with Crippen LogP contribution < -0.4 is 4.74 Å². The van der Waals surface area contributed by atoms with Crippen LogP contribution in [0.1, 0.15) is 20.7 Å². The molecule has 4 heteroatoms. The highest BCUT2D eigenvalue weighted by Crippen LogP contribution is 2.19. The van der Waals surface area contributed by atoms with Crippen LogP contribution in [0.3, 0.4) is 0 Å². The van der Waals surface area contributed by atoms with Gasteiger partial charge in [-0.25, -0.2) is 9.59 Å². The quantitative estimate of drug-likeness (QED) is 0.589. The second-order valence-corrected chi connectivity index (χ2v) is 4.78. The molecule has 0 aliphatic heterocycles. The fourth-order valence-corrected chi connectivity index (χ4v) is 2.16. The van der Waals surface area contributed by atoms with Crippen LogP contribution in [0.4, 0.5) is 0 Å². The molecule has 0 fully saturated rings. The number of para-hydroxylation sites is 1. The van der Waals surface area contributed by atoms with Crippen LogP contribution in [0.15, 0.2) is 66.7 Å². The summed E-state index contributed by atoms with van der Waals surface area (Å²) in [7, 11) is 0. The topological polar surface area (TPSA) is 63.6 Å². The summed E-state index contributed by atoms with van der Waals surface area (Å²) in [6, 6.07) is 18.6. The molecule has 108 valence electrons. The third-order valence-corrected chi connectivity index (χ3v) is 3.28. The van der Waals surface area contributed by atoms with Crippen molar-refractivity contribution in [1.29, 1.82) is 0 Å². The number of carboxylic acids is 1. The van der Waals surface area contributed by atoms with Crippen molar-refractivity contribution in [3.05, 3.63) is 77.9 Å². The summed E-state index contributed by atoms with van der Waals surface area (Å²) < 4.78 is 5.27. The lowest BCUT2D eigenvalue weighted by Gasteiger charge is -2.06. The molecule has 1 N–H and O–H groups in total. The molecule has 0 aromatic heterocycles. The Morgan fingerprint density at radius 3 is 2.09 bits per heavy atom. The molecule has 0 aliphatic rings. The van der Waals surface area contributed by atoms with Crippen LogP contribution in [0.2, 0.25) is 0 Å². The number of carboxylic acid groups (broad SMARTS) is 1. The number of carbonyl (C=O) groups is 2. The first-order valence-electron chi connectivity index (χ1n) is 6.68. The lowest BCUT2D eigenvalue weighted by Crippen LogP contribution is -2.08. The Kier molecular flexibility index (Phi) is 3.58. The monoisotopic (exact) mass is 292 g/mol. The normalized spacial score (nSPS) is 10.4. The lowest BCUT2D eigenvalue weighted by atomic mass is 10.0. The lowest BCUT2D eigenvalue weighted by molar-refractivity contribution is 0.0694. The van der Waals surface area contributed by atoms with E-state index >= 15 is 0 Å². The number of benzene rings is 3. The number of hydrogen-bond acceptors (Lipinski definition) is 3. The summed E-state index contributed by atoms with van der Waals surface area (Å²) in [5.74, 6) is -1.01. The molecule has 0 unspecified atom stereocenters. The Hall–Kier alpha value is -3.14. The van der Waals surface area contributed by atoms with Crippen LogP contribution in [0, 0.1) is 0 Å². The van der Waals surface area contributed by atoms with E-state index in [2.05, 4.69) is 0 Å². The minimum Gasteiger partial charge on any atom is -0.478 e. The zero-order chi connectivity index (χ0) is 15.5. The SMILES string of the molecule is O=C(O)c1ccc2ccc(C(=O)Oc3ccccc3)cc2c1. The van der Waals surface area contributed by atoms with Gasteiger partial charge in [0.05, 0.1) is 11.1 Å². The van der Waals surface area contributed by atoms with Gasteiger partial charge in [-0.3, -0.25) is 0 Å². The van der Waals surface area contributed by atoms with E-state index in [-0.39, 0.29) is 5.56 Å². The molecule has 0 saturated heterocycles. The minimum absolute atomic E-state index is 0.182. The molecule has 0 amide bonds. The zero-order valence-corrected chi connectivity index (χ0v) is 11.5. The maximum atomic E-state index is 12.1. The van der Waals surface area contributed by atoms with Crippen molar-refractivity contribution in [3.63, 3.8) is 0 Å². The molecule has 3 rings (SSSR count). The fraction of sp³-hybridized carbons (Fsp3) is 0. The third-order valence-electron chi connectivity index (χ3n) is 3.28. The summed E-state index contributed by atoms with van der Waals surface area (Å²) in [6.07, 6.45) is 0. The van der Waals surface area contributed by atoms with Gasteiger partial charge in [-0.15, -0.1) is 0 Å². The van der Waals surface area contributed by atoms with Crippen molar-refractivity contribution < 1.29 is 19.4 Å². The van der Waals surface area contributed by atoms with Gasteiger partial charge >= 0.3 is 11.9 Å². The van der Waals surface area contributed by atoms with E-state index in [1.54, 1.807) is 48.5 Å². The van der Waals surface area contributed by atoms with E-state index in [4.69, 9.17) is 9.84 Å². The van der Waals surface area contributed by atoms with Crippen molar-refractivity contribution in [3.8, 4) is 5.75 Å². The zero-order valence-electron chi connectivity index (χ0n) is 11.5. The fourth-order valence-electron chi connectivity index (χ4n) is 2.16. The maximum absolute atomic E-state index is 12.1. The summed E-state index contributed by atoms with van der Waals surface area (Å²) in [5, 5.41) is 10.6. The summed E-state index contributed by atoms with van der Waals surface area (Å²) in [5.41, 5.74) is 0.556. The van der Waals surface area contributed by atoms with Crippen LogP contribution in [-0.4, -0.2) is 17.0 Å². The van der Waals surface area contributed by atoms with Crippen LogP contribution >= 0.6 is 0 Å². The molecule has 0 aliphatic carbocycles. The van der Waals surface area contributed by atoms with Gasteiger partial charge in [-0.2, -0.15) is 0 Å². The number of rotatable bonds is 3. The van der Waals surface area contributed by atoms with Gasteiger partial charge in [0.1, 0.15) is 5.75 Å². The van der Waals surface area contributed by atoms with Crippen molar-refractivity contribution >= 4 is 22.7 Å². The molecule has 22 heavy (non-hydrogen) atoms. The largest absolute Gasteiger partial charge is 0.478 e. The molecule has 3 aromatic carbocycles. The van der Waals surface area contributed by atoms with Gasteiger partial charge in [-0.1, -0.05) is 30.3 Å². The second kappa shape index (κ2) is 5.69. The molecule has 0 spiro atoms. The predicted molar refractivity (Wildman–Crippen MR) is 82.3 cm³/mol. The van der Waals surface area contributed by atoms with Gasteiger partial charge in [0.25, 0.3) is 0 Å². The van der Waals surface area contributed by atoms with E-state index in [1.807, 2.05) is 6.07 Å². The summed E-state index contributed by atoms with van der Waals surface area (Å²) in [4.78, 5) is 23.2. The van der Waals surface area contributed by atoms with E-state index in [9.17, 15) is 9.59 Å². The van der Waals surface area contributed by atoms with E-state index in [0.717, 1.165) is 5.39 Å². The number of hydrogen-bond donors (Lipinski definition) is 1. The van der Waals surface area contributed by atoms with Gasteiger partial charge in [0.15, 0.2) is 0 Å². The first-order valence-corrected chi connectivity index (χ1v) is 6.68. The Balaban J connectivity index is 1.93.